The molecule has 1 unspecified atom stereocenters. The lowest BCUT2D eigenvalue weighted by atomic mass is 10.2. The summed E-state index contributed by atoms with van der Waals surface area (Å²) in [6.45, 7) is 2.05. The first kappa shape index (κ1) is 11.7. The molecular weight excluding hydrogens is 238 g/mol. The Hall–Kier alpha value is -2.42. The Labute approximate surface area is 111 Å². The van der Waals surface area contributed by atoms with Crippen LogP contribution in [0.3, 0.4) is 0 Å². The Balaban J connectivity index is 1.83. The number of phenols is 1. The summed E-state index contributed by atoms with van der Waals surface area (Å²) in [6, 6.07) is 17.1. The maximum atomic E-state index is 9.26. The molecule has 1 heterocycles. The molecule has 0 spiro atoms. The van der Waals surface area contributed by atoms with E-state index >= 15 is 0 Å². The molecule has 3 aromatic rings. The van der Waals surface area contributed by atoms with Crippen molar-refractivity contribution in [3.63, 3.8) is 0 Å². The van der Waals surface area contributed by atoms with Gasteiger partial charge < -0.3 is 14.8 Å². The van der Waals surface area contributed by atoms with E-state index in [2.05, 4.69) is 5.32 Å². The van der Waals surface area contributed by atoms with Gasteiger partial charge in [-0.15, -0.1) is 0 Å². The molecule has 0 bridgehead atoms. The lowest BCUT2D eigenvalue weighted by molar-refractivity contribution is 0.475. The monoisotopic (exact) mass is 253 g/mol. The SMILES string of the molecule is CC(Nc1ccc(O)cc1)c1cc2ccccc2o1. The van der Waals surface area contributed by atoms with Gasteiger partial charge >= 0.3 is 0 Å². The topological polar surface area (TPSA) is 45.4 Å². The van der Waals surface area contributed by atoms with Gasteiger partial charge in [-0.05, 0) is 43.3 Å². The number of nitrogens with one attached hydrogen (secondary N) is 1. The van der Waals surface area contributed by atoms with Crippen molar-refractivity contribution in [2.24, 2.45) is 0 Å². The summed E-state index contributed by atoms with van der Waals surface area (Å²) in [5.74, 6) is 1.16. The highest BCUT2D eigenvalue weighted by Crippen LogP contribution is 2.26. The number of fused-ring (bicyclic) bond motifs is 1. The molecule has 0 amide bonds. The van der Waals surface area contributed by atoms with Gasteiger partial charge in [-0.25, -0.2) is 0 Å². The van der Waals surface area contributed by atoms with Crippen LogP contribution in [0.1, 0.15) is 18.7 Å². The van der Waals surface area contributed by atoms with E-state index in [1.54, 1.807) is 12.1 Å². The minimum Gasteiger partial charge on any atom is -0.508 e. The van der Waals surface area contributed by atoms with Crippen molar-refractivity contribution in [1.82, 2.24) is 0 Å². The third-order valence-electron chi connectivity index (χ3n) is 3.12. The molecule has 3 nitrogen and oxygen atoms in total. The molecule has 0 aliphatic heterocycles. The minimum atomic E-state index is 0.0666. The summed E-state index contributed by atoms with van der Waals surface area (Å²) in [6.07, 6.45) is 0. The number of hydrogen-bond acceptors (Lipinski definition) is 3. The number of hydrogen-bond donors (Lipinski definition) is 2. The van der Waals surface area contributed by atoms with E-state index in [4.69, 9.17) is 4.42 Å². The summed E-state index contributed by atoms with van der Waals surface area (Å²) in [5.41, 5.74) is 1.85. The van der Waals surface area contributed by atoms with Crippen molar-refractivity contribution in [1.29, 1.82) is 0 Å². The van der Waals surface area contributed by atoms with Gasteiger partial charge in [0.1, 0.15) is 17.1 Å². The fourth-order valence-corrected chi connectivity index (χ4v) is 2.09. The molecule has 2 aromatic carbocycles. The van der Waals surface area contributed by atoms with Crippen LogP contribution in [0.4, 0.5) is 5.69 Å². The summed E-state index contributed by atoms with van der Waals surface area (Å²) in [5, 5.41) is 13.7. The zero-order valence-electron chi connectivity index (χ0n) is 10.6. The van der Waals surface area contributed by atoms with Crippen molar-refractivity contribution in [3.8, 4) is 5.75 Å². The van der Waals surface area contributed by atoms with Crippen molar-refractivity contribution in [2.75, 3.05) is 5.32 Å². The van der Waals surface area contributed by atoms with Crippen LogP contribution >= 0.6 is 0 Å². The van der Waals surface area contributed by atoms with Crippen LogP contribution in [-0.4, -0.2) is 5.11 Å². The lowest BCUT2D eigenvalue weighted by Crippen LogP contribution is -2.04. The maximum Gasteiger partial charge on any atom is 0.134 e. The third kappa shape index (κ3) is 2.40. The van der Waals surface area contributed by atoms with Crippen LogP contribution in [0.2, 0.25) is 0 Å². The van der Waals surface area contributed by atoms with Crippen molar-refractivity contribution < 1.29 is 9.52 Å². The van der Waals surface area contributed by atoms with E-state index in [1.807, 2.05) is 49.4 Å². The first-order valence-electron chi connectivity index (χ1n) is 6.26. The molecule has 3 heteroatoms. The second kappa shape index (κ2) is 4.69. The number of phenolic OH excluding ortho intramolecular Hbond substituents is 1. The molecule has 1 aromatic heterocycles. The fourth-order valence-electron chi connectivity index (χ4n) is 2.09. The molecular formula is C16H15NO2. The van der Waals surface area contributed by atoms with Gasteiger partial charge in [0.05, 0.1) is 6.04 Å². The Morgan fingerprint density at radius 1 is 1.05 bits per heavy atom. The minimum absolute atomic E-state index is 0.0666. The van der Waals surface area contributed by atoms with Crippen LogP contribution in [0.15, 0.2) is 59.0 Å². The van der Waals surface area contributed by atoms with Crippen LogP contribution in [0.25, 0.3) is 11.0 Å². The molecule has 96 valence electrons. The molecule has 0 radical (unpaired) electrons. The molecule has 0 fully saturated rings. The summed E-state index contributed by atoms with van der Waals surface area (Å²) >= 11 is 0. The average molecular weight is 253 g/mol. The molecule has 0 aliphatic rings. The normalized spacial score (nSPS) is 12.5. The third-order valence-corrected chi connectivity index (χ3v) is 3.12. The Morgan fingerprint density at radius 3 is 2.53 bits per heavy atom. The quantitative estimate of drug-likeness (QED) is 0.683. The van der Waals surface area contributed by atoms with Gasteiger partial charge in [0.25, 0.3) is 0 Å². The molecule has 0 saturated heterocycles. The van der Waals surface area contributed by atoms with Gasteiger partial charge in [-0.2, -0.15) is 0 Å². The number of furan rings is 1. The van der Waals surface area contributed by atoms with Crippen molar-refractivity contribution in [2.45, 2.75) is 13.0 Å². The second-order valence-corrected chi connectivity index (χ2v) is 4.60. The fraction of sp³-hybridized carbons (Fsp3) is 0.125. The summed E-state index contributed by atoms with van der Waals surface area (Å²) < 4.78 is 5.81. The lowest BCUT2D eigenvalue weighted by Gasteiger charge is -2.12. The summed E-state index contributed by atoms with van der Waals surface area (Å²) in [4.78, 5) is 0. The number of benzene rings is 2. The van der Waals surface area contributed by atoms with Crippen molar-refractivity contribution in [3.05, 3.63) is 60.4 Å². The predicted octanol–water partition coefficient (Wildman–Crippen LogP) is 4.31. The first-order valence-corrected chi connectivity index (χ1v) is 6.26. The van der Waals surface area contributed by atoms with E-state index in [1.165, 1.54) is 0 Å². The predicted molar refractivity (Wildman–Crippen MR) is 76.4 cm³/mol. The molecule has 0 saturated carbocycles. The highest BCUT2D eigenvalue weighted by molar-refractivity contribution is 5.77. The largest absolute Gasteiger partial charge is 0.508 e. The second-order valence-electron chi connectivity index (χ2n) is 4.60. The van der Waals surface area contributed by atoms with E-state index in [9.17, 15) is 5.11 Å². The van der Waals surface area contributed by atoms with Crippen molar-refractivity contribution >= 4 is 16.7 Å². The standard InChI is InChI=1S/C16H15NO2/c1-11(17-13-6-8-14(18)9-7-13)16-10-12-4-2-3-5-15(12)19-16/h2-11,17-18H,1H3. The van der Waals surface area contributed by atoms with E-state index in [-0.39, 0.29) is 11.8 Å². The smallest absolute Gasteiger partial charge is 0.134 e. The summed E-state index contributed by atoms with van der Waals surface area (Å²) in [7, 11) is 0. The van der Waals surface area contributed by atoms with Gasteiger partial charge in [-0.3, -0.25) is 0 Å². The number of anilines is 1. The Morgan fingerprint density at radius 2 is 1.79 bits per heavy atom. The van der Waals surface area contributed by atoms with Crippen LogP contribution < -0.4 is 5.32 Å². The zero-order chi connectivity index (χ0) is 13.2. The molecule has 3 rings (SSSR count). The van der Waals surface area contributed by atoms with Crippen LogP contribution in [0, 0.1) is 0 Å². The zero-order valence-corrected chi connectivity index (χ0v) is 10.6. The van der Waals surface area contributed by atoms with Gasteiger partial charge in [0.15, 0.2) is 0 Å². The average Bonchev–Trinajstić information content (AvgIpc) is 2.85. The number of aromatic hydroxyl groups is 1. The number of rotatable bonds is 3. The molecule has 19 heavy (non-hydrogen) atoms. The van der Waals surface area contributed by atoms with Crippen LogP contribution in [-0.2, 0) is 0 Å². The van der Waals surface area contributed by atoms with Gasteiger partial charge in [-0.1, -0.05) is 18.2 Å². The molecule has 0 aliphatic carbocycles. The Kier molecular flexibility index (Phi) is 2.88. The van der Waals surface area contributed by atoms with Gasteiger partial charge in [0.2, 0.25) is 0 Å². The Bertz CT molecular complexity index is 652. The highest BCUT2D eigenvalue weighted by atomic mass is 16.3. The number of para-hydroxylation sites is 1. The van der Waals surface area contributed by atoms with Gasteiger partial charge in [0, 0.05) is 11.1 Å². The van der Waals surface area contributed by atoms with Crippen LogP contribution in [0.5, 0.6) is 5.75 Å². The first-order chi connectivity index (χ1) is 9.22. The van der Waals surface area contributed by atoms with E-state index in [0.29, 0.717) is 0 Å². The highest BCUT2D eigenvalue weighted by Gasteiger charge is 2.11. The maximum absolute atomic E-state index is 9.26. The van der Waals surface area contributed by atoms with E-state index in [0.717, 1.165) is 22.4 Å². The molecule has 1 atom stereocenters. The molecule has 2 N–H and O–H groups in total. The van der Waals surface area contributed by atoms with E-state index < -0.39 is 0 Å².